The number of rotatable bonds is 4. The molecule has 1 N–H and O–H groups in total. The first-order valence-corrected chi connectivity index (χ1v) is 10.7. The smallest absolute Gasteiger partial charge is 0.256 e. The Hall–Kier alpha value is -3.81. The lowest BCUT2D eigenvalue weighted by atomic mass is 10.1. The van der Waals surface area contributed by atoms with Gasteiger partial charge in [-0.05, 0) is 49.7 Å². The van der Waals surface area contributed by atoms with Crippen molar-refractivity contribution in [3.63, 3.8) is 0 Å². The number of carbonyl (C=O) groups excluding carboxylic acids is 2. The number of anilines is 2. The van der Waals surface area contributed by atoms with E-state index in [4.69, 9.17) is 0 Å². The summed E-state index contributed by atoms with van der Waals surface area (Å²) < 4.78 is 27.2. The predicted molar refractivity (Wildman–Crippen MR) is 122 cm³/mol. The van der Waals surface area contributed by atoms with Crippen LogP contribution in [0.3, 0.4) is 0 Å². The van der Waals surface area contributed by atoms with E-state index in [1.807, 2.05) is 36.1 Å². The van der Waals surface area contributed by atoms with Crippen molar-refractivity contribution in [1.82, 2.24) is 9.88 Å². The highest BCUT2D eigenvalue weighted by Crippen LogP contribution is 2.19. The van der Waals surface area contributed by atoms with Gasteiger partial charge in [0.05, 0.1) is 17.4 Å². The maximum absolute atomic E-state index is 14.0. The van der Waals surface area contributed by atoms with Crippen LogP contribution in [0.15, 0.2) is 60.8 Å². The molecule has 1 fully saturated rings. The first-order chi connectivity index (χ1) is 15.9. The molecule has 0 unspecified atom stereocenters. The van der Waals surface area contributed by atoms with Gasteiger partial charge in [-0.1, -0.05) is 17.7 Å². The molecule has 6 nitrogen and oxygen atoms in total. The summed E-state index contributed by atoms with van der Waals surface area (Å²) >= 11 is 0. The van der Waals surface area contributed by atoms with Gasteiger partial charge >= 0.3 is 0 Å². The summed E-state index contributed by atoms with van der Waals surface area (Å²) in [5, 5.41) is 2.84. The highest BCUT2D eigenvalue weighted by Gasteiger charge is 2.23. The van der Waals surface area contributed by atoms with Gasteiger partial charge in [-0.3, -0.25) is 9.59 Å². The van der Waals surface area contributed by atoms with E-state index in [2.05, 4.69) is 10.3 Å². The maximum Gasteiger partial charge on any atom is 0.256 e. The highest BCUT2D eigenvalue weighted by atomic mass is 19.1. The largest absolute Gasteiger partial charge is 0.355 e. The van der Waals surface area contributed by atoms with Crippen LogP contribution in [0.1, 0.15) is 32.7 Å². The summed E-state index contributed by atoms with van der Waals surface area (Å²) in [6, 6.07) is 13.9. The Morgan fingerprint density at radius 3 is 2.55 bits per heavy atom. The van der Waals surface area contributed by atoms with Crippen LogP contribution in [0.4, 0.5) is 20.3 Å². The fourth-order valence-electron chi connectivity index (χ4n) is 3.82. The van der Waals surface area contributed by atoms with Crippen molar-refractivity contribution in [2.75, 3.05) is 36.4 Å². The minimum atomic E-state index is -0.855. The van der Waals surface area contributed by atoms with E-state index in [0.29, 0.717) is 43.9 Å². The van der Waals surface area contributed by atoms with Gasteiger partial charge < -0.3 is 15.1 Å². The van der Waals surface area contributed by atoms with E-state index in [0.717, 1.165) is 23.5 Å². The van der Waals surface area contributed by atoms with Gasteiger partial charge in [0.1, 0.15) is 17.5 Å². The van der Waals surface area contributed by atoms with Crippen LogP contribution in [-0.2, 0) is 0 Å². The zero-order chi connectivity index (χ0) is 23.4. The van der Waals surface area contributed by atoms with E-state index in [1.165, 1.54) is 6.07 Å². The molecule has 0 atom stereocenters. The van der Waals surface area contributed by atoms with Crippen molar-refractivity contribution in [1.29, 1.82) is 0 Å². The van der Waals surface area contributed by atoms with Gasteiger partial charge in [-0.25, -0.2) is 13.8 Å². The molecule has 0 spiro atoms. The fraction of sp³-hybridized carbons (Fsp3) is 0.240. The van der Waals surface area contributed by atoms with Crippen molar-refractivity contribution in [3.8, 4) is 0 Å². The van der Waals surface area contributed by atoms with Crippen LogP contribution < -0.4 is 10.2 Å². The van der Waals surface area contributed by atoms with Gasteiger partial charge in [0.25, 0.3) is 11.8 Å². The number of aromatic nitrogens is 1. The molecule has 0 radical (unpaired) electrons. The van der Waals surface area contributed by atoms with E-state index in [1.54, 1.807) is 23.2 Å². The third kappa shape index (κ3) is 5.34. The summed E-state index contributed by atoms with van der Waals surface area (Å²) in [7, 11) is 0. The van der Waals surface area contributed by atoms with Crippen molar-refractivity contribution >= 4 is 23.3 Å². The summed E-state index contributed by atoms with van der Waals surface area (Å²) in [6.45, 7) is 3.99. The summed E-state index contributed by atoms with van der Waals surface area (Å²) in [5.41, 5.74) is 2.04. The third-order valence-electron chi connectivity index (χ3n) is 5.55. The number of benzene rings is 2. The van der Waals surface area contributed by atoms with Crippen LogP contribution in [-0.4, -0.2) is 47.9 Å². The highest BCUT2D eigenvalue weighted by molar-refractivity contribution is 6.04. The van der Waals surface area contributed by atoms with E-state index < -0.39 is 17.5 Å². The van der Waals surface area contributed by atoms with Gasteiger partial charge in [0.2, 0.25) is 0 Å². The number of carbonyl (C=O) groups is 2. The molecule has 170 valence electrons. The number of aryl methyl sites for hydroxylation is 1. The molecule has 2 amide bonds. The molecule has 3 aromatic rings. The Kier molecular flexibility index (Phi) is 6.63. The van der Waals surface area contributed by atoms with E-state index >= 15 is 0 Å². The molecule has 33 heavy (non-hydrogen) atoms. The monoisotopic (exact) mass is 450 g/mol. The van der Waals surface area contributed by atoms with Crippen LogP contribution >= 0.6 is 0 Å². The number of nitrogens with zero attached hydrogens (tertiary/aromatic N) is 3. The van der Waals surface area contributed by atoms with Crippen molar-refractivity contribution in [2.45, 2.75) is 13.3 Å². The number of pyridine rings is 1. The molecule has 1 aromatic heterocycles. The standard InChI is InChI=1S/C25H24F2N4O2/c1-17-4-2-5-18(14-17)24(32)29-20-7-9-23(28-16-20)30-10-3-11-31(13-12-30)25(33)21-8-6-19(26)15-22(21)27/h2,4-9,14-16H,3,10-13H2,1H3,(H,29,32). The summed E-state index contributed by atoms with van der Waals surface area (Å²) in [4.78, 5) is 33.2. The Morgan fingerprint density at radius 1 is 0.970 bits per heavy atom. The Bertz CT molecular complexity index is 1170. The van der Waals surface area contributed by atoms with Crippen LogP contribution in [0.5, 0.6) is 0 Å². The summed E-state index contributed by atoms with van der Waals surface area (Å²) in [6.07, 6.45) is 2.28. The SMILES string of the molecule is Cc1cccc(C(=O)Nc2ccc(N3CCCN(C(=O)c4ccc(F)cc4F)CC3)nc2)c1. The quantitative estimate of drug-likeness (QED) is 0.645. The molecule has 1 aliphatic heterocycles. The topological polar surface area (TPSA) is 65.5 Å². The molecular formula is C25H24F2N4O2. The van der Waals surface area contributed by atoms with Gasteiger partial charge in [-0.2, -0.15) is 0 Å². The van der Waals surface area contributed by atoms with Crippen molar-refractivity contribution in [3.05, 3.63) is 89.1 Å². The lowest BCUT2D eigenvalue weighted by molar-refractivity contribution is 0.0762. The third-order valence-corrected chi connectivity index (χ3v) is 5.55. The number of halogens is 2. The molecule has 2 heterocycles. The van der Waals surface area contributed by atoms with Crippen LogP contribution in [0.25, 0.3) is 0 Å². The molecule has 1 aliphatic rings. The number of hydrogen-bond donors (Lipinski definition) is 1. The first kappa shape index (κ1) is 22.4. The second kappa shape index (κ2) is 9.77. The minimum absolute atomic E-state index is 0.128. The van der Waals surface area contributed by atoms with Crippen LogP contribution in [0.2, 0.25) is 0 Å². The Morgan fingerprint density at radius 2 is 1.82 bits per heavy atom. The molecule has 4 rings (SSSR count). The number of amides is 2. The maximum atomic E-state index is 14.0. The average Bonchev–Trinajstić information content (AvgIpc) is 3.06. The molecular weight excluding hydrogens is 426 g/mol. The second-order valence-electron chi connectivity index (χ2n) is 7.99. The minimum Gasteiger partial charge on any atom is -0.355 e. The molecule has 1 saturated heterocycles. The molecule has 8 heteroatoms. The second-order valence-corrected chi connectivity index (χ2v) is 7.99. The van der Waals surface area contributed by atoms with Gasteiger partial charge in [-0.15, -0.1) is 0 Å². The van der Waals surface area contributed by atoms with Gasteiger partial charge in [0.15, 0.2) is 0 Å². The molecule has 2 aromatic carbocycles. The van der Waals surface area contributed by atoms with Gasteiger partial charge in [0, 0.05) is 37.8 Å². The Balaban J connectivity index is 1.38. The lowest BCUT2D eigenvalue weighted by Gasteiger charge is -2.23. The van der Waals surface area contributed by atoms with Crippen molar-refractivity contribution in [2.24, 2.45) is 0 Å². The first-order valence-electron chi connectivity index (χ1n) is 10.7. The van der Waals surface area contributed by atoms with Crippen LogP contribution in [0, 0.1) is 18.6 Å². The Labute approximate surface area is 190 Å². The number of nitrogens with one attached hydrogen (secondary N) is 1. The van der Waals surface area contributed by atoms with E-state index in [-0.39, 0.29) is 11.5 Å². The molecule has 0 saturated carbocycles. The average molecular weight is 450 g/mol. The zero-order valence-electron chi connectivity index (χ0n) is 18.2. The zero-order valence-corrected chi connectivity index (χ0v) is 18.2. The summed E-state index contributed by atoms with van der Waals surface area (Å²) in [5.74, 6) is -1.49. The van der Waals surface area contributed by atoms with Crippen molar-refractivity contribution < 1.29 is 18.4 Å². The molecule has 0 bridgehead atoms. The lowest BCUT2D eigenvalue weighted by Crippen LogP contribution is -2.35. The fourth-order valence-corrected chi connectivity index (χ4v) is 3.82. The predicted octanol–water partition coefficient (Wildman–Crippen LogP) is 4.27. The van der Waals surface area contributed by atoms with E-state index in [9.17, 15) is 18.4 Å². The molecule has 0 aliphatic carbocycles. The number of hydrogen-bond acceptors (Lipinski definition) is 4. The normalized spacial score (nSPS) is 14.0.